The zero-order valence-corrected chi connectivity index (χ0v) is 15.8. The van der Waals surface area contributed by atoms with Crippen LogP contribution < -0.4 is 0 Å². The fourth-order valence-electron chi connectivity index (χ4n) is 4.37. The number of fused-ring (bicyclic) bond motifs is 2. The van der Waals surface area contributed by atoms with E-state index in [-0.39, 0.29) is 11.6 Å². The molecule has 0 fully saturated rings. The summed E-state index contributed by atoms with van der Waals surface area (Å²) in [4.78, 5) is 30.8. The summed E-state index contributed by atoms with van der Waals surface area (Å²) in [5.74, 6) is -1.09. The average Bonchev–Trinajstić information content (AvgIpc) is 3.12. The highest BCUT2D eigenvalue weighted by molar-refractivity contribution is 6.38. The molecule has 1 heterocycles. The van der Waals surface area contributed by atoms with Crippen LogP contribution in [0.5, 0.6) is 0 Å². The molecule has 5 rings (SSSR count). The fourth-order valence-corrected chi connectivity index (χ4v) is 4.37. The number of carbonyl (C=O) groups is 2. The van der Waals surface area contributed by atoms with Crippen LogP contribution >= 0.6 is 0 Å². The van der Waals surface area contributed by atoms with Gasteiger partial charge in [0.2, 0.25) is 0 Å². The van der Waals surface area contributed by atoms with Gasteiger partial charge in [0.25, 0.3) is 0 Å². The summed E-state index contributed by atoms with van der Waals surface area (Å²) in [6.07, 6.45) is 0. The highest BCUT2D eigenvalue weighted by Gasteiger charge is 2.49. The molecule has 0 aromatic heterocycles. The second-order valence-corrected chi connectivity index (χ2v) is 7.93. The Kier molecular flexibility index (Phi) is 3.50. The Balaban J connectivity index is 1.58. The van der Waals surface area contributed by atoms with Crippen molar-refractivity contribution in [2.75, 3.05) is 0 Å². The van der Waals surface area contributed by atoms with Gasteiger partial charge in [-0.2, -0.15) is 0 Å². The Labute approximate surface area is 163 Å². The summed E-state index contributed by atoms with van der Waals surface area (Å²) in [6, 6.07) is 23.4. The number of rotatable bonds is 2. The van der Waals surface area contributed by atoms with Crippen molar-refractivity contribution in [3.05, 3.63) is 89.5 Å². The number of hydrogen-bond donors (Lipinski definition) is 0. The number of benzene rings is 3. The van der Waals surface area contributed by atoms with Crippen LogP contribution in [-0.4, -0.2) is 17.3 Å². The molecule has 0 radical (unpaired) electrons. The fraction of sp³-hybridized carbons (Fsp3) is 0.160. The molecule has 2 aliphatic rings. The van der Waals surface area contributed by atoms with E-state index < -0.39 is 11.3 Å². The molecular formula is C25H19NO2. The Bertz CT molecular complexity index is 1140. The number of carbonyl (C=O) groups excluding carboxylic acids is 2. The van der Waals surface area contributed by atoms with E-state index in [2.05, 4.69) is 32.0 Å². The summed E-state index contributed by atoms with van der Waals surface area (Å²) in [5, 5.41) is 0. The first kappa shape index (κ1) is 16.8. The number of Topliss-reactive ketones (excluding diaryl/α,β-unsaturated/α-hetero) is 2. The molecule has 0 unspecified atom stereocenters. The Morgan fingerprint density at radius 1 is 0.750 bits per heavy atom. The monoisotopic (exact) mass is 365 g/mol. The van der Waals surface area contributed by atoms with Crippen LogP contribution in [0.1, 0.15) is 40.1 Å². The van der Waals surface area contributed by atoms with Crippen LogP contribution in [-0.2, 0) is 5.41 Å². The molecule has 3 heteroatoms. The maximum Gasteiger partial charge on any atom is 0.180 e. The minimum atomic E-state index is -0.819. The molecule has 136 valence electrons. The van der Waals surface area contributed by atoms with Crippen LogP contribution in [0, 0.1) is 5.92 Å². The van der Waals surface area contributed by atoms with Crippen molar-refractivity contribution in [1.82, 2.24) is 0 Å². The molecule has 1 aliphatic heterocycles. The van der Waals surface area contributed by atoms with E-state index in [9.17, 15) is 9.59 Å². The molecule has 0 atom stereocenters. The zero-order chi connectivity index (χ0) is 19.5. The topological polar surface area (TPSA) is 46.5 Å². The lowest BCUT2D eigenvalue weighted by Gasteiger charge is -2.25. The van der Waals surface area contributed by atoms with Gasteiger partial charge in [0, 0.05) is 22.3 Å². The first-order chi connectivity index (χ1) is 13.5. The lowest BCUT2D eigenvalue weighted by atomic mass is 9.75. The minimum Gasteiger partial charge on any atom is -0.293 e. The third kappa shape index (κ3) is 2.26. The van der Waals surface area contributed by atoms with Gasteiger partial charge in [0.05, 0.1) is 5.69 Å². The van der Waals surface area contributed by atoms with E-state index in [1.807, 2.05) is 30.3 Å². The quantitative estimate of drug-likeness (QED) is 0.570. The number of nitrogens with zero attached hydrogens (tertiary/aromatic N) is 1. The van der Waals surface area contributed by atoms with Crippen molar-refractivity contribution < 1.29 is 9.59 Å². The number of hydrogen-bond acceptors (Lipinski definition) is 3. The van der Waals surface area contributed by atoms with E-state index in [1.54, 1.807) is 24.3 Å². The molecule has 0 saturated carbocycles. The smallest absolute Gasteiger partial charge is 0.180 e. The SMILES string of the molecule is CC1(C)C(C2C(=O)c3ccccc3C2=O)=Nc2ccc(-c3ccccc3)cc21. The van der Waals surface area contributed by atoms with Gasteiger partial charge >= 0.3 is 0 Å². The molecule has 3 aromatic carbocycles. The first-order valence-corrected chi connectivity index (χ1v) is 9.45. The predicted octanol–water partition coefficient (Wildman–Crippen LogP) is 5.41. The third-order valence-electron chi connectivity index (χ3n) is 5.91. The summed E-state index contributed by atoms with van der Waals surface area (Å²) in [6.45, 7) is 4.10. The van der Waals surface area contributed by atoms with E-state index in [1.165, 1.54) is 0 Å². The largest absolute Gasteiger partial charge is 0.293 e. The lowest BCUT2D eigenvalue weighted by molar-refractivity contribution is 0.0880. The maximum atomic E-state index is 13.0. The summed E-state index contributed by atoms with van der Waals surface area (Å²) < 4.78 is 0. The van der Waals surface area contributed by atoms with Gasteiger partial charge in [-0.05, 0) is 28.8 Å². The molecule has 3 nitrogen and oxygen atoms in total. The van der Waals surface area contributed by atoms with Crippen molar-refractivity contribution in [2.24, 2.45) is 10.9 Å². The van der Waals surface area contributed by atoms with E-state index in [0.717, 1.165) is 22.4 Å². The van der Waals surface area contributed by atoms with Crippen molar-refractivity contribution >= 4 is 23.0 Å². The van der Waals surface area contributed by atoms with Crippen LogP contribution in [0.3, 0.4) is 0 Å². The first-order valence-electron chi connectivity index (χ1n) is 9.45. The van der Waals surface area contributed by atoms with Crippen LogP contribution in [0.25, 0.3) is 11.1 Å². The molecule has 1 aliphatic carbocycles. The van der Waals surface area contributed by atoms with Gasteiger partial charge in [-0.25, -0.2) is 0 Å². The number of aliphatic imine (C=N–C) groups is 1. The predicted molar refractivity (Wildman–Crippen MR) is 111 cm³/mol. The van der Waals surface area contributed by atoms with Crippen LogP contribution in [0.15, 0.2) is 77.8 Å². The Morgan fingerprint density at radius 2 is 1.36 bits per heavy atom. The van der Waals surface area contributed by atoms with Crippen molar-refractivity contribution in [3.63, 3.8) is 0 Å². The molecule has 0 amide bonds. The molecule has 0 spiro atoms. The average molecular weight is 365 g/mol. The van der Waals surface area contributed by atoms with Gasteiger partial charge in [-0.3, -0.25) is 14.6 Å². The second kappa shape index (κ2) is 5.83. The van der Waals surface area contributed by atoms with E-state index in [0.29, 0.717) is 16.8 Å². The summed E-state index contributed by atoms with van der Waals surface area (Å²) in [5.41, 5.74) is 5.33. The molecule has 0 N–H and O–H groups in total. The van der Waals surface area contributed by atoms with Crippen LogP contribution in [0.2, 0.25) is 0 Å². The highest BCUT2D eigenvalue weighted by Crippen LogP contribution is 2.46. The van der Waals surface area contributed by atoms with Crippen molar-refractivity contribution in [1.29, 1.82) is 0 Å². The molecular weight excluding hydrogens is 346 g/mol. The Morgan fingerprint density at radius 3 is 2.00 bits per heavy atom. The molecule has 0 saturated heterocycles. The minimum absolute atomic E-state index is 0.136. The highest BCUT2D eigenvalue weighted by atomic mass is 16.2. The van der Waals surface area contributed by atoms with E-state index >= 15 is 0 Å². The van der Waals surface area contributed by atoms with Crippen molar-refractivity contribution in [3.8, 4) is 11.1 Å². The normalized spacial score (nSPS) is 17.4. The van der Waals surface area contributed by atoms with Crippen molar-refractivity contribution in [2.45, 2.75) is 19.3 Å². The van der Waals surface area contributed by atoms with Gasteiger partial charge < -0.3 is 0 Å². The second-order valence-electron chi connectivity index (χ2n) is 7.93. The third-order valence-corrected chi connectivity index (χ3v) is 5.91. The number of ketones is 2. The standard InChI is InChI=1S/C25H19NO2/c1-25(2)19-14-16(15-8-4-3-5-9-15)12-13-20(19)26-24(25)21-22(27)17-10-6-7-11-18(17)23(21)28/h3-14,21H,1-2H3. The molecule has 28 heavy (non-hydrogen) atoms. The lowest BCUT2D eigenvalue weighted by Crippen LogP contribution is -2.37. The van der Waals surface area contributed by atoms with Crippen LogP contribution in [0.4, 0.5) is 5.69 Å². The molecule has 0 bridgehead atoms. The van der Waals surface area contributed by atoms with Gasteiger partial charge in [-0.1, -0.05) is 74.5 Å². The Hall–Kier alpha value is -3.33. The maximum absolute atomic E-state index is 13.0. The van der Waals surface area contributed by atoms with Gasteiger partial charge in [0.1, 0.15) is 5.92 Å². The zero-order valence-electron chi connectivity index (χ0n) is 15.8. The molecule has 3 aromatic rings. The summed E-state index contributed by atoms with van der Waals surface area (Å²) in [7, 11) is 0. The van der Waals surface area contributed by atoms with Gasteiger partial charge in [0.15, 0.2) is 11.6 Å². The summed E-state index contributed by atoms with van der Waals surface area (Å²) >= 11 is 0. The van der Waals surface area contributed by atoms with E-state index in [4.69, 9.17) is 4.99 Å². The van der Waals surface area contributed by atoms with Gasteiger partial charge in [-0.15, -0.1) is 0 Å².